The number of benzene rings is 1. The molecular formula is C7H8NNaO3S. The number of para-hydroxylation sites is 1. The van der Waals surface area contributed by atoms with Gasteiger partial charge in [0.15, 0.2) is 10.3 Å². The minimum absolute atomic E-state index is 0. The van der Waals surface area contributed by atoms with Gasteiger partial charge in [0.25, 0.3) is 0 Å². The Balaban J connectivity index is 0.00000144. The molecule has 0 aromatic heterocycles. The summed E-state index contributed by atoms with van der Waals surface area (Å²) in [6.45, 7) is 0. The standard InChI is InChI=1S/C7H9NO3S.Na/c1-8(12(9,10)11)7-5-3-2-4-6-7;/h2-6H,1H3,(H,9,10,11);/q;+1/p-1. The molecule has 66 valence electrons. The van der Waals surface area contributed by atoms with Gasteiger partial charge in [0.1, 0.15) is 0 Å². The molecule has 13 heavy (non-hydrogen) atoms. The predicted octanol–water partition coefficient (Wildman–Crippen LogP) is -2.41. The molecule has 6 heteroatoms. The SMILES string of the molecule is CN(c1ccccc1)S(=O)(=O)[O-].[Na+]. The van der Waals surface area contributed by atoms with E-state index in [4.69, 9.17) is 0 Å². The second-order valence-corrected chi connectivity index (χ2v) is 3.66. The average Bonchev–Trinajstić information content (AvgIpc) is 2.03. The van der Waals surface area contributed by atoms with E-state index in [9.17, 15) is 13.0 Å². The van der Waals surface area contributed by atoms with Crippen LogP contribution in [0.3, 0.4) is 0 Å². The van der Waals surface area contributed by atoms with Gasteiger partial charge >= 0.3 is 29.6 Å². The molecular weight excluding hydrogens is 201 g/mol. The van der Waals surface area contributed by atoms with Crippen molar-refractivity contribution >= 4 is 16.0 Å². The van der Waals surface area contributed by atoms with Gasteiger partial charge < -0.3 is 4.55 Å². The van der Waals surface area contributed by atoms with Gasteiger partial charge in [-0.05, 0) is 12.1 Å². The molecule has 0 aliphatic heterocycles. The van der Waals surface area contributed by atoms with Crippen LogP contribution in [0.5, 0.6) is 0 Å². The van der Waals surface area contributed by atoms with E-state index in [1.807, 2.05) is 0 Å². The van der Waals surface area contributed by atoms with Crippen molar-refractivity contribution < 1.29 is 42.5 Å². The number of anilines is 1. The fourth-order valence-electron chi connectivity index (χ4n) is 0.767. The maximum absolute atomic E-state index is 10.5. The number of nitrogens with zero attached hydrogens (tertiary/aromatic N) is 1. The molecule has 1 rings (SSSR count). The van der Waals surface area contributed by atoms with Crippen molar-refractivity contribution in [3.05, 3.63) is 30.3 Å². The van der Waals surface area contributed by atoms with Gasteiger partial charge in [-0.2, -0.15) is 0 Å². The number of rotatable bonds is 2. The van der Waals surface area contributed by atoms with Crippen molar-refractivity contribution in [2.75, 3.05) is 11.4 Å². The summed E-state index contributed by atoms with van der Waals surface area (Å²) in [6.07, 6.45) is 0. The van der Waals surface area contributed by atoms with Crippen LogP contribution >= 0.6 is 0 Å². The largest absolute Gasteiger partial charge is 1.00 e. The molecule has 0 atom stereocenters. The molecule has 1 aromatic carbocycles. The van der Waals surface area contributed by atoms with Crippen LogP contribution in [0.4, 0.5) is 5.69 Å². The summed E-state index contributed by atoms with van der Waals surface area (Å²) < 4.78 is 32.2. The monoisotopic (exact) mass is 209 g/mol. The van der Waals surface area contributed by atoms with Crippen LogP contribution in [0.15, 0.2) is 30.3 Å². The first-order chi connectivity index (χ1) is 5.52. The maximum Gasteiger partial charge on any atom is 1.00 e. The number of hydrogen-bond donors (Lipinski definition) is 0. The Morgan fingerprint density at radius 2 is 1.69 bits per heavy atom. The smallest absolute Gasteiger partial charge is 0.731 e. The Bertz CT molecular complexity index is 351. The average molecular weight is 209 g/mol. The van der Waals surface area contributed by atoms with E-state index < -0.39 is 10.3 Å². The van der Waals surface area contributed by atoms with Crippen LogP contribution < -0.4 is 33.9 Å². The Hall–Kier alpha value is -0.0700. The summed E-state index contributed by atoms with van der Waals surface area (Å²) in [4.78, 5) is 0. The minimum Gasteiger partial charge on any atom is -0.731 e. The second kappa shape index (κ2) is 4.97. The quantitative estimate of drug-likeness (QED) is 0.402. The normalized spacial score (nSPS) is 10.3. The summed E-state index contributed by atoms with van der Waals surface area (Å²) in [5.41, 5.74) is 0.368. The molecule has 0 fully saturated rings. The van der Waals surface area contributed by atoms with Gasteiger partial charge in [-0.15, -0.1) is 0 Å². The second-order valence-electron chi connectivity index (χ2n) is 2.26. The van der Waals surface area contributed by atoms with Crippen molar-refractivity contribution in [2.24, 2.45) is 0 Å². The van der Waals surface area contributed by atoms with E-state index >= 15 is 0 Å². The van der Waals surface area contributed by atoms with E-state index in [1.165, 1.54) is 7.05 Å². The first-order valence-corrected chi connectivity index (χ1v) is 4.63. The molecule has 0 saturated heterocycles. The van der Waals surface area contributed by atoms with Crippen molar-refractivity contribution in [1.82, 2.24) is 0 Å². The number of hydrogen-bond acceptors (Lipinski definition) is 3. The molecule has 4 nitrogen and oxygen atoms in total. The van der Waals surface area contributed by atoms with Gasteiger partial charge in [0, 0.05) is 7.05 Å². The Kier molecular flexibility index (Phi) is 4.95. The Morgan fingerprint density at radius 1 is 1.23 bits per heavy atom. The molecule has 1 aromatic rings. The predicted molar refractivity (Wildman–Crippen MR) is 44.5 cm³/mol. The van der Waals surface area contributed by atoms with Crippen LogP contribution in [-0.4, -0.2) is 20.0 Å². The van der Waals surface area contributed by atoms with Crippen molar-refractivity contribution in [3.63, 3.8) is 0 Å². The molecule has 0 radical (unpaired) electrons. The van der Waals surface area contributed by atoms with Crippen molar-refractivity contribution in [1.29, 1.82) is 0 Å². The van der Waals surface area contributed by atoms with Gasteiger partial charge in [-0.25, -0.2) is 8.42 Å². The van der Waals surface area contributed by atoms with E-state index in [1.54, 1.807) is 30.3 Å². The van der Waals surface area contributed by atoms with Gasteiger partial charge in [0.2, 0.25) is 0 Å². The van der Waals surface area contributed by atoms with Crippen molar-refractivity contribution in [2.45, 2.75) is 0 Å². The molecule has 0 saturated carbocycles. The zero-order valence-electron chi connectivity index (χ0n) is 7.47. The van der Waals surface area contributed by atoms with Crippen LogP contribution in [0.1, 0.15) is 0 Å². The van der Waals surface area contributed by atoms with E-state index in [-0.39, 0.29) is 29.6 Å². The van der Waals surface area contributed by atoms with Crippen LogP contribution in [0.2, 0.25) is 0 Å². The van der Waals surface area contributed by atoms with E-state index in [2.05, 4.69) is 0 Å². The van der Waals surface area contributed by atoms with Gasteiger partial charge in [-0.3, -0.25) is 4.31 Å². The fraction of sp³-hybridized carbons (Fsp3) is 0.143. The van der Waals surface area contributed by atoms with Gasteiger partial charge in [0.05, 0.1) is 5.69 Å². The zero-order valence-corrected chi connectivity index (χ0v) is 10.3. The third kappa shape index (κ3) is 3.66. The van der Waals surface area contributed by atoms with Crippen LogP contribution in [0.25, 0.3) is 0 Å². The molecule has 0 aliphatic rings. The van der Waals surface area contributed by atoms with E-state index in [0.717, 1.165) is 0 Å². The third-order valence-corrected chi connectivity index (χ3v) is 2.34. The zero-order chi connectivity index (χ0) is 9.19. The topological polar surface area (TPSA) is 60.4 Å². The molecule has 0 unspecified atom stereocenters. The fourth-order valence-corrected chi connectivity index (χ4v) is 1.15. The van der Waals surface area contributed by atoms with E-state index in [0.29, 0.717) is 9.99 Å². The summed E-state index contributed by atoms with van der Waals surface area (Å²) >= 11 is 0. The Labute approximate surface area is 99.7 Å². The Morgan fingerprint density at radius 3 is 2.08 bits per heavy atom. The molecule has 0 bridgehead atoms. The molecule has 0 spiro atoms. The molecule has 0 amide bonds. The first-order valence-electron chi connectivity index (χ1n) is 3.26. The summed E-state index contributed by atoms with van der Waals surface area (Å²) in [5, 5.41) is 0. The molecule has 0 aliphatic carbocycles. The summed E-state index contributed by atoms with van der Waals surface area (Å²) in [7, 11) is -3.15. The summed E-state index contributed by atoms with van der Waals surface area (Å²) in [6, 6.07) is 8.17. The van der Waals surface area contributed by atoms with Crippen LogP contribution in [-0.2, 0) is 10.3 Å². The maximum atomic E-state index is 10.5. The van der Waals surface area contributed by atoms with Crippen molar-refractivity contribution in [3.8, 4) is 0 Å². The van der Waals surface area contributed by atoms with Crippen LogP contribution in [0, 0.1) is 0 Å². The van der Waals surface area contributed by atoms with Gasteiger partial charge in [-0.1, -0.05) is 18.2 Å². The molecule has 0 heterocycles. The summed E-state index contributed by atoms with van der Waals surface area (Å²) in [5.74, 6) is 0. The third-order valence-electron chi connectivity index (χ3n) is 1.46. The first kappa shape index (κ1) is 12.9. The molecule has 0 N–H and O–H groups in total. The minimum atomic E-state index is -4.37.